The Balaban J connectivity index is 4.39. The topological polar surface area (TPSA) is 55.6 Å². The molecule has 0 aromatic rings. The number of amides is 1. The number of ether oxygens (including phenoxy) is 1. The summed E-state index contributed by atoms with van der Waals surface area (Å²) in [6.07, 6.45) is 0.593. The van der Waals surface area contributed by atoms with E-state index in [4.69, 9.17) is 10.5 Å². The van der Waals surface area contributed by atoms with Crippen LogP contribution in [0.4, 0.5) is 4.79 Å². The van der Waals surface area contributed by atoms with Crippen molar-refractivity contribution >= 4 is 6.09 Å². The van der Waals surface area contributed by atoms with Gasteiger partial charge in [0.05, 0.1) is 0 Å². The Hall–Kier alpha value is -0.770. The van der Waals surface area contributed by atoms with Crippen LogP contribution in [-0.2, 0) is 4.74 Å². The zero-order valence-electron chi connectivity index (χ0n) is 11.4. The van der Waals surface area contributed by atoms with Crippen molar-refractivity contribution in [2.24, 2.45) is 11.7 Å². The highest BCUT2D eigenvalue weighted by Crippen LogP contribution is 2.14. The number of carbonyl (C=O) groups is 1. The molecule has 2 N–H and O–H groups in total. The van der Waals surface area contributed by atoms with Crippen LogP contribution in [0.25, 0.3) is 0 Å². The molecule has 0 aliphatic carbocycles. The number of carbonyl (C=O) groups excluding carboxylic acids is 1. The molecule has 0 saturated carbocycles. The normalized spacial score (nSPS) is 13.8. The minimum atomic E-state index is -0.456. The Morgan fingerprint density at radius 1 is 1.38 bits per heavy atom. The van der Waals surface area contributed by atoms with Gasteiger partial charge in [0, 0.05) is 19.6 Å². The molecule has 0 aliphatic rings. The van der Waals surface area contributed by atoms with E-state index in [1.807, 2.05) is 20.8 Å². The van der Waals surface area contributed by atoms with Gasteiger partial charge in [-0.05, 0) is 33.1 Å². The summed E-state index contributed by atoms with van der Waals surface area (Å²) in [6.45, 7) is 10.3. The highest BCUT2D eigenvalue weighted by molar-refractivity contribution is 5.68. The van der Waals surface area contributed by atoms with Crippen LogP contribution >= 0.6 is 0 Å². The largest absolute Gasteiger partial charge is 0.444 e. The second-order valence-electron chi connectivity index (χ2n) is 5.61. The van der Waals surface area contributed by atoms with Crippen LogP contribution in [-0.4, -0.2) is 36.2 Å². The highest BCUT2D eigenvalue weighted by atomic mass is 16.6. The third-order valence-corrected chi connectivity index (χ3v) is 2.24. The van der Waals surface area contributed by atoms with Crippen LogP contribution in [0.15, 0.2) is 0 Å². The number of hydrogen-bond donors (Lipinski definition) is 1. The number of likely N-dealkylation sites (N-methyl/N-ethyl adjacent to an activating group) is 1. The first kappa shape index (κ1) is 15.2. The Labute approximate surface area is 99.1 Å². The summed E-state index contributed by atoms with van der Waals surface area (Å²) >= 11 is 0. The third-order valence-electron chi connectivity index (χ3n) is 2.24. The summed E-state index contributed by atoms with van der Waals surface area (Å²) in [6, 6.07) is 0.0508. The summed E-state index contributed by atoms with van der Waals surface area (Å²) in [7, 11) is 1.74. The van der Waals surface area contributed by atoms with E-state index in [2.05, 4.69) is 13.8 Å². The molecule has 1 unspecified atom stereocenters. The first-order chi connectivity index (χ1) is 7.17. The zero-order chi connectivity index (χ0) is 12.9. The van der Waals surface area contributed by atoms with Crippen molar-refractivity contribution in [3.05, 3.63) is 0 Å². The van der Waals surface area contributed by atoms with Crippen molar-refractivity contribution in [2.75, 3.05) is 13.6 Å². The van der Waals surface area contributed by atoms with Crippen LogP contribution in [0, 0.1) is 5.92 Å². The molecule has 0 aromatic heterocycles. The van der Waals surface area contributed by atoms with Gasteiger partial charge >= 0.3 is 6.09 Å². The van der Waals surface area contributed by atoms with E-state index in [0.717, 1.165) is 6.42 Å². The van der Waals surface area contributed by atoms with E-state index in [1.165, 1.54) is 0 Å². The van der Waals surface area contributed by atoms with Crippen LogP contribution in [0.5, 0.6) is 0 Å². The second kappa shape index (κ2) is 6.09. The fourth-order valence-electron chi connectivity index (χ4n) is 1.44. The van der Waals surface area contributed by atoms with Gasteiger partial charge in [-0.25, -0.2) is 4.79 Å². The van der Waals surface area contributed by atoms with E-state index in [9.17, 15) is 4.79 Å². The number of nitrogens with two attached hydrogens (primary N) is 1. The quantitative estimate of drug-likeness (QED) is 0.805. The monoisotopic (exact) mass is 230 g/mol. The molecule has 1 amide bonds. The molecular weight excluding hydrogens is 204 g/mol. The van der Waals surface area contributed by atoms with E-state index in [-0.39, 0.29) is 12.1 Å². The summed E-state index contributed by atoms with van der Waals surface area (Å²) in [5.74, 6) is 0.512. The van der Waals surface area contributed by atoms with Crippen LogP contribution < -0.4 is 5.73 Å². The molecule has 0 bridgehead atoms. The third kappa shape index (κ3) is 5.95. The van der Waals surface area contributed by atoms with Gasteiger partial charge in [0.15, 0.2) is 0 Å². The predicted octanol–water partition coefficient (Wildman–Crippen LogP) is 2.23. The Morgan fingerprint density at radius 2 is 1.88 bits per heavy atom. The van der Waals surface area contributed by atoms with Crippen molar-refractivity contribution in [3.63, 3.8) is 0 Å². The first-order valence-corrected chi connectivity index (χ1v) is 5.83. The Bertz CT molecular complexity index is 222. The van der Waals surface area contributed by atoms with Crippen LogP contribution in [0.3, 0.4) is 0 Å². The Kier molecular flexibility index (Phi) is 5.79. The molecule has 0 saturated heterocycles. The minimum Gasteiger partial charge on any atom is -0.444 e. The molecule has 0 rings (SSSR count). The number of nitrogens with zero attached hydrogens (tertiary/aromatic N) is 1. The lowest BCUT2D eigenvalue weighted by Crippen LogP contribution is -2.44. The molecule has 4 nitrogen and oxygen atoms in total. The molecule has 16 heavy (non-hydrogen) atoms. The molecular formula is C12H26N2O2. The standard InChI is InChI=1S/C12H26N2O2/c1-9(2)7-10(8-13)14(6)11(15)16-12(3,4)5/h9-10H,7-8,13H2,1-6H3. The summed E-state index contributed by atoms with van der Waals surface area (Å²) < 4.78 is 5.30. The lowest BCUT2D eigenvalue weighted by molar-refractivity contribution is 0.0212. The molecule has 0 heterocycles. The fraction of sp³-hybridized carbons (Fsp3) is 0.917. The van der Waals surface area contributed by atoms with E-state index in [1.54, 1.807) is 11.9 Å². The van der Waals surface area contributed by atoms with Crippen molar-refractivity contribution in [1.82, 2.24) is 4.90 Å². The van der Waals surface area contributed by atoms with Crippen molar-refractivity contribution < 1.29 is 9.53 Å². The predicted molar refractivity (Wildman–Crippen MR) is 66.3 cm³/mol. The number of rotatable bonds is 4. The molecule has 4 heteroatoms. The van der Waals surface area contributed by atoms with Gasteiger partial charge in [-0.2, -0.15) is 0 Å². The fourth-order valence-corrected chi connectivity index (χ4v) is 1.44. The maximum atomic E-state index is 11.8. The van der Waals surface area contributed by atoms with Gasteiger partial charge in [-0.15, -0.1) is 0 Å². The lowest BCUT2D eigenvalue weighted by Gasteiger charge is -2.30. The molecule has 96 valence electrons. The summed E-state index contributed by atoms with van der Waals surface area (Å²) in [4.78, 5) is 13.4. The average molecular weight is 230 g/mol. The van der Waals surface area contributed by atoms with Gasteiger partial charge in [0.2, 0.25) is 0 Å². The van der Waals surface area contributed by atoms with Gasteiger partial charge in [0.25, 0.3) is 0 Å². The van der Waals surface area contributed by atoms with Gasteiger partial charge in [-0.1, -0.05) is 13.8 Å². The Morgan fingerprint density at radius 3 is 2.19 bits per heavy atom. The molecule has 1 atom stereocenters. The number of hydrogen-bond acceptors (Lipinski definition) is 3. The van der Waals surface area contributed by atoms with Gasteiger partial charge in [0.1, 0.15) is 5.60 Å². The second-order valence-corrected chi connectivity index (χ2v) is 5.61. The van der Waals surface area contributed by atoms with Crippen molar-refractivity contribution in [3.8, 4) is 0 Å². The zero-order valence-corrected chi connectivity index (χ0v) is 11.4. The highest BCUT2D eigenvalue weighted by Gasteiger charge is 2.24. The van der Waals surface area contributed by atoms with Gasteiger partial charge in [-0.3, -0.25) is 0 Å². The maximum absolute atomic E-state index is 11.8. The molecule has 0 fully saturated rings. The minimum absolute atomic E-state index is 0.0508. The van der Waals surface area contributed by atoms with E-state index >= 15 is 0 Å². The summed E-state index contributed by atoms with van der Waals surface area (Å²) in [5.41, 5.74) is 5.22. The van der Waals surface area contributed by atoms with Gasteiger partial charge < -0.3 is 15.4 Å². The molecule has 0 spiro atoms. The SMILES string of the molecule is CC(C)CC(CN)N(C)C(=O)OC(C)(C)C. The molecule has 0 aliphatic heterocycles. The van der Waals surface area contributed by atoms with Crippen LogP contribution in [0.2, 0.25) is 0 Å². The van der Waals surface area contributed by atoms with E-state index in [0.29, 0.717) is 12.5 Å². The van der Waals surface area contributed by atoms with Crippen LogP contribution in [0.1, 0.15) is 41.0 Å². The molecule has 0 aromatic carbocycles. The van der Waals surface area contributed by atoms with E-state index < -0.39 is 5.60 Å². The smallest absolute Gasteiger partial charge is 0.410 e. The lowest BCUT2D eigenvalue weighted by atomic mass is 10.0. The maximum Gasteiger partial charge on any atom is 0.410 e. The molecule has 0 radical (unpaired) electrons. The first-order valence-electron chi connectivity index (χ1n) is 5.83. The summed E-state index contributed by atoms with van der Waals surface area (Å²) in [5, 5.41) is 0. The van der Waals surface area contributed by atoms with Crippen molar-refractivity contribution in [1.29, 1.82) is 0 Å². The average Bonchev–Trinajstić information content (AvgIpc) is 2.09. The van der Waals surface area contributed by atoms with Crippen molar-refractivity contribution in [2.45, 2.75) is 52.7 Å².